The second-order valence-corrected chi connectivity index (χ2v) is 6.90. The molecule has 3 aromatic rings. The van der Waals surface area contributed by atoms with Gasteiger partial charge in [0.15, 0.2) is 0 Å². The van der Waals surface area contributed by atoms with Crippen molar-refractivity contribution < 1.29 is 18.4 Å². The van der Waals surface area contributed by atoms with Crippen molar-refractivity contribution in [3.8, 4) is 0 Å². The van der Waals surface area contributed by atoms with Gasteiger partial charge in [0.25, 0.3) is 11.8 Å². The van der Waals surface area contributed by atoms with Crippen LogP contribution in [-0.2, 0) is 6.54 Å². The molecule has 0 fully saturated rings. The minimum Gasteiger partial charge on any atom is -0.377 e. The first kappa shape index (κ1) is 21.0. The topological polar surface area (TPSA) is 61.4 Å². The molecular formula is C23H21F2N3O2. The Kier molecular flexibility index (Phi) is 6.41. The number of carbonyl (C=O) groups is 2. The van der Waals surface area contributed by atoms with Crippen molar-refractivity contribution in [3.63, 3.8) is 0 Å². The third kappa shape index (κ3) is 5.20. The molecule has 0 spiro atoms. The van der Waals surface area contributed by atoms with Crippen LogP contribution in [-0.4, -0.2) is 25.9 Å². The maximum absolute atomic E-state index is 13.4. The zero-order valence-electron chi connectivity index (χ0n) is 16.6. The van der Waals surface area contributed by atoms with E-state index in [2.05, 4.69) is 10.6 Å². The van der Waals surface area contributed by atoms with Gasteiger partial charge in [0.2, 0.25) is 0 Å². The van der Waals surface area contributed by atoms with E-state index in [0.29, 0.717) is 16.9 Å². The molecular weight excluding hydrogens is 388 g/mol. The van der Waals surface area contributed by atoms with Gasteiger partial charge in [0.05, 0.1) is 5.56 Å². The number of halogens is 2. The fraction of sp³-hybridized carbons (Fsp3) is 0.130. The van der Waals surface area contributed by atoms with Gasteiger partial charge in [0, 0.05) is 37.6 Å². The lowest BCUT2D eigenvalue weighted by atomic mass is 10.1. The highest BCUT2D eigenvalue weighted by Crippen LogP contribution is 2.23. The largest absolute Gasteiger partial charge is 0.377 e. The summed E-state index contributed by atoms with van der Waals surface area (Å²) in [5.74, 6) is -1.68. The monoisotopic (exact) mass is 409 g/mol. The van der Waals surface area contributed by atoms with Crippen LogP contribution in [0.1, 0.15) is 26.3 Å². The molecule has 0 aliphatic carbocycles. The smallest absolute Gasteiger partial charge is 0.255 e. The molecule has 0 aromatic heterocycles. The maximum Gasteiger partial charge on any atom is 0.255 e. The molecule has 7 heteroatoms. The molecule has 3 aromatic carbocycles. The summed E-state index contributed by atoms with van der Waals surface area (Å²) in [5.41, 5.74) is 2.36. The Morgan fingerprint density at radius 3 is 2.27 bits per heavy atom. The van der Waals surface area contributed by atoms with Crippen LogP contribution in [0.4, 0.5) is 20.2 Å². The molecule has 0 atom stereocenters. The molecule has 0 radical (unpaired) electrons. The van der Waals surface area contributed by atoms with Crippen LogP contribution in [0.5, 0.6) is 0 Å². The highest BCUT2D eigenvalue weighted by atomic mass is 19.1. The fourth-order valence-electron chi connectivity index (χ4n) is 2.90. The van der Waals surface area contributed by atoms with Crippen LogP contribution in [0, 0.1) is 11.6 Å². The van der Waals surface area contributed by atoms with Gasteiger partial charge in [-0.3, -0.25) is 9.59 Å². The normalized spacial score (nSPS) is 10.4. The Balaban J connectivity index is 1.79. The van der Waals surface area contributed by atoms with Crippen molar-refractivity contribution in [2.75, 3.05) is 24.3 Å². The molecule has 2 N–H and O–H groups in total. The fourth-order valence-corrected chi connectivity index (χ4v) is 2.90. The SMILES string of the molecule is CN(C)c1ccc(NC(=O)c2cccc(F)c2)cc1C(=O)NCc1ccc(F)cc1. The van der Waals surface area contributed by atoms with E-state index in [4.69, 9.17) is 0 Å². The number of nitrogens with zero attached hydrogens (tertiary/aromatic N) is 1. The van der Waals surface area contributed by atoms with Crippen LogP contribution in [0.25, 0.3) is 0 Å². The average molecular weight is 409 g/mol. The third-order valence-electron chi connectivity index (χ3n) is 4.43. The van der Waals surface area contributed by atoms with E-state index in [1.165, 1.54) is 30.3 Å². The molecule has 5 nitrogen and oxygen atoms in total. The summed E-state index contributed by atoms with van der Waals surface area (Å²) in [6.07, 6.45) is 0. The molecule has 154 valence electrons. The van der Waals surface area contributed by atoms with Crippen molar-refractivity contribution in [1.29, 1.82) is 0 Å². The van der Waals surface area contributed by atoms with E-state index < -0.39 is 11.7 Å². The standard InChI is InChI=1S/C23H21F2N3O2/c1-28(2)21-11-10-19(27-22(29)16-4-3-5-18(25)12-16)13-20(21)23(30)26-14-15-6-8-17(24)9-7-15/h3-13H,14H2,1-2H3,(H,26,30)(H,27,29). The lowest BCUT2D eigenvalue weighted by Crippen LogP contribution is -2.25. The zero-order chi connectivity index (χ0) is 21.7. The van der Waals surface area contributed by atoms with E-state index >= 15 is 0 Å². The van der Waals surface area contributed by atoms with Gasteiger partial charge in [-0.1, -0.05) is 18.2 Å². The molecule has 30 heavy (non-hydrogen) atoms. The molecule has 0 saturated carbocycles. The predicted molar refractivity (Wildman–Crippen MR) is 113 cm³/mol. The number of benzene rings is 3. The minimum absolute atomic E-state index is 0.175. The van der Waals surface area contributed by atoms with Crippen molar-refractivity contribution in [1.82, 2.24) is 5.32 Å². The predicted octanol–water partition coefficient (Wildman–Crippen LogP) is 4.21. The lowest BCUT2D eigenvalue weighted by Gasteiger charge is -2.18. The molecule has 0 bridgehead atoms. The Morgan fingerprint density at radius 2 is 1.60 bits per heavy atom. The Labute approximate surface area is 173 Å². The van der Waals surface area contributed by atoms with Crippen molar-refractivity contribution in [2.45, 2.75) is 6.54 Å². The van der Waals surface area contributed by atoms with Gasteiger partial charge in [-0.25, -0.2) is 8.78 Å². The highest BCUT2D eigenvalue weighted by molar-refractivity contribution is 6.06. The maximum atomic E-state index is 13.4. The molecule has 0 aliphatic rings. The van der Waals surface area contributed by atoms with Crippen LogP contribution in [0.2, 0.25) is 0 Å². The van der Waals surface area contributed by atoms with Gasteiger partial charge in [0.1, 0.15) is 11.6 Å². The first-order chi connectivity index (χ1) is 14.3. The van der Waals surface area contributed by atoms with Crippen molar-refractivity contribution in [2.24, 2.45) is 0 Å². The molecule has 0 aliphatic heterocycles. The van der Waals surface area contributed by atoms with Gasteiger partial charge in [-0.2, -0.15) is 0 Å². The molecule has 2 amide bonds. The quantitative estimate of drug-likeness (QED) is 0.641. The van der Waals surface area contributed by atoms with E-state index in [9.17, 15) is 18.4 Å². The van der Waals surface area contributed by atoms with E-state index in [1.807, 2.05) is 0 Å². The number of hydrogen-bond donors (Lipinski definition) is 2. The number of hydrogen-bond acceptors (Lipinski definition) is 3. The van der Waals surface area contributed by atoms with Crippen molar-refractivity contribution >= 4 is 23.2 Å². The first-order valence-corrected chi connectivity index (χ1v) is 9.24. The van der Waals surface area contributed by atoms with Gasteiger partial charge in [-0.05, 0) is 54.1 Å². The van der Waals surface area contributed by atoms with Gasteiger partial charge >= 0.3 is 0 Å². The Hall–Kier alpha value is -3.74. The summed E-state index contributed by atoms with van der Waals surface area (Å²) >= 11 is 0. The van der Waals surface area contributed by atoms with Crippen LogP contribution in [0.15, 0.2) is 66.7 Å². The molecule has 0 unspecified atom stereocenters. The van der Waals surface area contributed by atoms with E-state index in [0.717, 1.165) is 11.6 Å². The van der Waals surface area contributed by atoms with Crippen LogP contribution in [0.3, 0.4) is 0 Å². The second kappa shape index (κ2) is 9.17. The van der Waals surface area contributed by atoms with Gasteiger partial charge < -0.3 is 15.5 Å². The minimum atomic E-state index is -0.508. The molecule has 0 saturated heterocycles. The third-order valence-corrected chi connectivity index (χ3v) is 4.43. The zero-order valence-corrected chi connectivity index (χ0v) is 16.6. The summed E-state index contributed by atoms with van der Waals surface area (Å²) < 4.78 is 26.4. The second-order valence-electron chi connectivity index (χ2n) is 6.90. The summed E-state index contributed by atoms with van der Waals surface area (Å²) in [6.45, 7) is 0.228. The Morgan fingerprint density at radius 1 is 0.867 bits per heavy atom. The first-order valence-electron chi connectivity index (χ1n) is 9.24. The van der Waals surface area contributed by atoms with Crippen LogP contribution < -0.4 is 15.5 Å². The summed E-state index contributed by atoms with van der Waals surface area (Å²) in [4.78, 5) is 27.0. The number of carbonyl (C=O) groups excluding carboxylic acids is 2. The van der Waals surface area contributed by atoms with Gasteiger partial charge in [-0.15, -0.1) is 0 Å². The number of rotatable bonds is 6. The summed E-state index contributed by atoms with van der Waals surface area (Å²) in [5, 5.41) is 5.48. The van der Waals surface area contributed by atoms with E-state index in [1.54, 1.807) is 49.3 Å². The summed E-state index contributed by atoms with van der Waals surface area (Å²) in [6, 6.07) is 16.1. The number of nitrogens with one attached hydrogen (secondary N) is 2. The summed E-state index contributed by atoms with van der Waals surface area (Å²) in [7, 11) is 3.61. The van der Waals surface area contributed by atoms with E-state index in [-0.39, 0.29) is 23.8 Å². The lowest BCUT2D eigenvalue weighted by molar-refractivity contribution is 0.0950. The van der Waals surface area contributed by atoms with Crippen LogP contribution >= 0.6 is 0 Å². The molecule has 0 heterocycles. The number of anilines is 2. The van der Waals surface area contributed by atoms with Crippen molar-refractivity contribution in [3.05, 3.63) is 95.1 Å². The molecule has 3 rings (SSSR count). The number of amides is 2. The Bertz CT molecular complexity index is 1070. The highest BCUT2D eigenvalue weighted by Gasteiger charge is 2.15. The average Bonchev–Trinajstić information content (AvgIpc) is 2.73.